The maximum Gasteiger partial charge on any atom is 0.262 e. The molecule has 0 saturated carbocycles. The number of thiophene rings is 1. The number of methoxy groups -OCH3 is 1. The highest BCUT2D eigenvalue weighted by atomic mass is 32.2. The Labute approximate surface area is 156 Å². The van der Waals surface area contributed by atoms with E-state index in [1.165, 1.54) is 23.1 Å². The molecule has 0 N–H and O–H groups in total. The highest BCUT2D eigenvalue weighted by Gasteiger charge is 2.13. The lowest BCUT2D eigenvalue weighted by Gasteiger charge is -2.05. The number of thioether (sulfide) groups is 1. The largest absolute Gasteiger partial charge is 0.497 e. The smallest absolute Gasteiger partial charge is 0.262 e. The van der Waals surface area contributed by atoms with E-state index in [2.05, 4.69) is 15.2 Å². The van der Waals surface area contributed by atoms with Crippen molar-refractivity contribution >= 4 is 33.3 Å². The number of nitrogens with zero attached hydrogens (tertiary/aromatic N) is 4. The van der Waals surface area contributed by atoms with Crippen molar-refractivity contribution in [1.29, 1.82) is 0 Å². The summed E-state index contributed by atoms with van der Waals surface area (Å²) in [6.07, 6.45) is 0. The van der Waals surface area contributed by atoms with E-state index in [0.717, 1.165) is 16.1 Å². The summed E-state index contributed by atoms with van der Waals surface area (Å²) in [5.74, 6) is 2.11. The molecule has 0 fully saturated rings. The average molecular weight is 386 g/mol. The Morgan fingerprint density at radius 1 is 1.23 bits per heavy atom. The zero-order valence-corrected chi connectivity index (χ0v) is 15.6. The van der Waals surface area contributed by atoms with Gasteiger partial charge >= 0.3 is 0 Å². The van der Waals surface area contributed by atoms with Crippen LogP contribution in [0.4, 0.5) is 0 Å². The fourth-order valence-electron chi connectivity index (χ4n) is 2.40. The van der Waals surface area contributed by atoms with Crippen molar-refractivity contribution in [3.8, 4) is 17.2 Å². The molecule has 4 rings (SSSR count). The lowest BCUT2D eigenvalue weighted by molar-refractivity contribution is 0.415. The SMILES string of the molecule is COc1ccc(-c2nnc(CSc3nc4sccc4c(=O)n3C)o2)cc1. The molecular weight excluding hydrogens is 372 g/mol. The van der Waals surface area contributed by atoms with Crippen molar-refractivity contribution < 1.29 is 9.15 Å². The number of aromatic nitrogens is 4. The summed E-state index contributed by atoms with van der Waals surface area (Å²) in [4.78, 5) is 17.6. The van der Waals surface area contributed by atoms with Gasteiger partial charge in [0, 0.05) is 12.6 Å². The third kappa shape index (κ3) is 3.11. The first-order valence-electron chi connectivity index (χ1n) is 7.69. The highest BCUT2D eigenvalue weighted by molar-refractivity contribution is 7.98. The summed E-state index contributed by atoms with van der Waals surface area (Å²) in [6.45, 7) is 0. The normalized spacial score (nSPS) is 11.2. The number of benzene rings is 1. The van der Waals surface area contributed by atoms with Crippen LogP contribution in [0, 0.1) is 0 Å². The second-order valence-electron chi connectivity index (χ2n) is 5.42. The van der Waals surface area contributed by atoms with Gasteiger partial charge in [-0.1, -0.05) is 11.8 Å². The molecule has 3 aromatic heterocycles. The van der Waals surface area contributed by atoms with Gasteiger partial charge in [0.15, 0.2) is 5.16 Å². The van der Waals surface area contributed by atoms with Crippen molar-refractivity contribution in [2.45, 2.75) is 10.9 Å². The lowest BCUT2D eigenvalue weighted by Crippen LogP contribution is -2.19. The standard InChI is InChI=1S/C17H14N4O3S2/c1-21-16(22)12-7-8-25-15(12)18-17(21)26-9-13-19-20-14(24-13)10-3-5-11(23-2)6-4-10/h3-8H,9H2,1-2H3. The van der Waals surface area contributed by atoms with Crippen molar-refractivity contribution in [3.63, 3.8) is 0 Å². The van der Waals surface area contributed by atoms with E-state index >= 15 is 0 Å². The summed E-state index contributed by atoms with van der Waals surface area (Å²) >= 11 is 2.84. The highest BCUT2D eigenvalue weighted by Crippen LogP contribution is 2.25. The van der Waals surface area contributed by atoms with Crippen LogP contribution >= 0.6 is 23.1 Å². The minimum atomic E-state index is -0.0526. The van der Waals surface area contributed by atoms with E-state index in [4.69, 9.17) is 9.15 Å². The van der Waals surface area contributed by atoms with Crippen molar-refractivity contribution in [2.75, 3.05) is 7.11 Å². The van der Waals surface area contributed by atoms with Gasteiger partial charge in [-0.05, 0) is 35.7 Å². The molecule has 0 atom stereocenters. The van der Waals surface area contributed by atoms with Gasteiger partial charge in [-0.2, -0.15) is 0 Å². The van der Waals surface area contributed by atoms with E-state index < -0.39 is 0 Å². The minimum absolute atomic E-state index is 0.0526. The maximum atomic E-state index is 12.3. The van der Waals surface area contributed by atoms with Crippen LogP contribution < -0.4 is 10.3 Å². The zero-order chi connectivity index (χ0) is 18.1. The van der Waals surface area contributed by atoms with Crippen LogP contribution in [0.2, 0.25) is 0 Å². The number of rotatable bonds is 5. The Morgan fingerprint density at radius 2 is 2.04 bits per heavy atom. The molecule has 0 saturated heterocycles. The molecule has 1 aromatic carbocycles. The van der Waals surface area contributed by atoms with Crippen LogP contribution in [-0.2, 0) is 12.8 Å². The number of hydrogen-bond acceptors (Lipinski definition) is 8. The third-order valence-corrected chi connectivity index (χ3v) is 5.61. The molecule has 0 aliphatic heterocycles. The van der Waals surface area contributed by atoms with Crippen LogP contribution in [-0.4, -0.2) is 26.9 Å². The van der Waals surface area contributed by atoms with E-state index in [-0.39, 0.29) is 5.56 Å². The molecular formula is C17H14N4O3S2. The van der Waals surface area contributed by atoms with Gasteiger partial charge in [0.25, 0.3) is 5.56 Å². The maximum absolute atomic E-state index is 12.3. The van der Waals surface area contributed by atoms with Crippen LogP contribution in [0.1, 0.15) is 5.89 Å². The monoisotopic (exact) mass is 386 g/mol. The van der Waals surface area contributed by atoms with Crippen LogP contribution in [0.3, 0.4) is 0 Å². The van der Waals surface area contributed by atoms with Gasteiger partial charge in [-0.25, -0.2) is 4.98 Å². The second-order valence-corrected chi connectivity index (χ2v) is 7.25. The first-order chi connectivity index (χ1) is 12.7. The van der Waals surface area contributed by atoms with Crippen LogP contribution in [0.25, 0.3) is 21.7 Å². The van der Waals surface area contributed by atoms with Crippen LogP contribution in [0.15, 0.2) is 50.1 Å². The Hall–Kier alpha value is -2.65. The van der Waals surface area contributed by atoms with E-state index in [1.54, 1.807) is 24.8 Å². The minimum Gasteiger partial charge on any atom is -0.497 e. The molecule has 0 unspecified atom stereocenters. The predicted molar refractivity (Wildman–Crippen MR) is 101 cm³/mol. The molecule has 0 amide bonds. The van der Waals surface area contributed by atoms with Crippen molar-refractivity contribution in [3.05, 3.63) is 52.0 Å². The van der Waals surface area contributed by atoms with Gasteiger partial charge in [-0.3, -0.25) is 9.36 Å². The fraction of sp³-hybridized carbons (Fsp3) is 0.176. The first kappa shape index (κ1) is 16.8. The zero-order valence-electron chi connectivity index (χ0n) is 14.0. The van der Waals surface area contributed by atoms with Crippen molar-refractivity contribution in [1.82, 2.24) is 19.7 Å². The third-order valence-electron chi connectivity index (χ3n) is 3.79. The molecule has 7 nitrogen and oxygen atoms in total. The first-order valence-corrected chi connectivity index (χ1v) is 9.56. The Balaban J connectivity index is 1.53. The predicted octanol–water partition coefficient (Wildman–Crippen LogP) is 3.35. The molecule has 3 heterocycles. The number of ether oxygens (including phenoxy) is 1. The number of fused-ring (bicyclic) bond motifs is 1. The Morgan fingerprint density at radius 3 is 2.81 bits per heavy atom. The summed E-state index contributed by atoms with van der Waals surface area (Å²) in [5.41, 5.74) is 0.767. The second kappa shape index (κ2) is 6.93. The number of hydrogen-bond donors (Lipinski definition) is 0. The molecule has 132 valence electrons. The van der Waals surface area contributed by atoms with Gasteiger partial charge in [0.2, 0.25) is 11.8 Å². The summed E-state index contributed by atoms with van der Waals surface area (Å²) in [5, 5.41) is 11.3. The van der Waals surface area contributed by atoms with Gasteiger partial charge < -0.3 is 9.15 Å². The Bertz CT molecular complexity index is 1120. The lowest BCUT2D eigenvalue weighted by atomic mass is 10.2. The summed E-state index contributed by atoms with van der Waals surface area (Å²) in [7, 11) is 3.33. The summed E-state index contributed by atoms with van der Waals surface area (Å²) < 4.78 is 12.4. The van der Waals surface area contributed by atoms with Crippen LogP contribution in [0.5, 0.6) is 5.75 Å². The molecule has 9 heteroatoms. The Kier molecular flexibility index (Phi) is 4.48. The molecule has 0 bridgehead atoms. The molecule has 0 spiro atoms. The topological polar surface area (TPSA) is 83.0 Å². The van der Waals surface area contributed by atoms with E-state index in [1.807, 2.05) is 29.6 Å². The van der Waals surface area contributed by atoms with E-state index in [9.17, 15) is 4.79 Å². The average Bonchev–Trinajstić information content (AvgIpc) is 3.33. The van der Waals surface area contributed by atoms with Gasteiger partial charge in [0.05, 0.1) is 18.2 Å². The molecule has 0 aliphatic rings. The quantitative estimate of drug-likeness (QED) is 0.384. The molecule has 26 heavy (non-hydrogen) atoms. The van der Waals surface area contributed by atoms with Crippen molar-refractivity contribution in [2.24, 2.45) is 7.05 Å². The molecule has 0 radical (unpaired) electrons. The van der Waals surface area contributed by atoms with Gasteiger partial charge in [-0.15, -0.1) is 21.5 Å². The summed E-state index contributed by atoms with van der Waals surface area (Å²) in [6, 6.07) is 9.19. The fourth-order valence-corrected chi connectivity index (χ4v) is 4.01. The van der Waals surface area contributed by atoms with Gasteiger partial charge in [0.1, 0.15) is 10.6 Å². The molecule has 4 aromatic rings. The molecule has 0 aliphatic carbocycles. The van der Waals surface area contributed by atoms with E-state index in [0.29, 0.717) is 28.1 Å².